The van der Waals surface area contributed by atoms with Crippen LogP contribution >= 0.6 is 11.3 Å². The van der Waals surface area contributed by atoms with E-state index < -0.39 is 21.9 Å². The van der Waals surface area contributed by atoms with E-state index in [0.29, 0.717) is 11.5 Å². The molecule has 0 aliphatic rings. The number of carbonyl (C=O) groups is 1. The number of nitrogens with one attached hydrogen (secondary N) is 2. The molecule has 0 saturated heterocycles. The molecule has 0 radical (unpaired) electrons. The van der Waals surface area contributed by atoms with Gasteiger partial charge in [0.15, 0.2) is 0 Å². The quantitative estimate of drug-likeness (QED) is 0.314. The monoisotopic (exact) mass is 461 g/mol. The van der Waals surface area contributed by atoms with Crippen LogP contribution in [0.5, 0.6) is 11.5 Å². The smallest absolute Gasteiger partial charge is 0.283 e. The van der Waals surface area contributed by atoms with E-state index in [-0.39, 0.29) is 5.69 Å². The summed E-state index contributed by atoms with van der Waals surface area (Å²) in [4.78, 5) is 17.2. The van der Waals surface area contributed by atoms with Gasteiger partial charge < -0.3 is 15.4 Å². The highest BCUT2D eigenvalue weighted by atomic mass is 32.2. The third-order valence-electron chi connectivity index (χ3n) is 4.31. The first-order valence-corrected chi connectivity index (χ1v) is 12.0. The SMILES string of the molecule is Cc1cc(CNCCc2cccs2)ccc1Oc1ccc(C(=O)NCS(=O)(=O)O)nc1. The Bertz CT molecular complexity index is 1110. The molecule has 2 aromatic heterocycles. The van der Waals surface area contributed by atoms with Crippen LogP contribution in [-0.4, -0.2) is 36.3 Å². The van der Waals surface area contributed by atoms with Crippen molar-refractivity contribution in [2.75, 3.05) is 12.4 Å². The minimum Gasteiger partial charge on any atom is -0.455 e. The Morgan fingerprint density at radius 3 is 2.71 bits per heavy atom. The number of nitrogens with zero attached hydrogens (tertiary/aromatic N) is 1. The van der Waals surface area contributed by atoms with Gasteiger partial charge in [0.25, 0.3) is 16.0 Å². The molecule has 0 saturated carbocycles. The van der Waals surface area contributed by atoms with Crippen LogP contribution in [0.2, 0.25) is 0 Å². The largest absolute Gasteiger partial charge is 0.455 e. The van der Waals surface area contributed by atoms with Crippen LogP contribution in [-0.2, 0) is 23.1 Å². The molecule has 1 aromatic carbocycles. The molecule has 8 nitrogen and oxygen atoms in total. The van der Waals surface area contributed by atoms with Crippen molar-refractivity contribution in [3.05, 3.63) is 75.7 Å². The Balaban J connectivity index is 1.51. The Morgan fingerprint density at radius 1 is 1.23 bits per heavy atom. The molecule has 1 amide bonds. The van der Waals surface area contributed by atoms with Gasteiger partial charge in [0, 0.05) is 18.0 Å². The lowest BCUT2D eigenvalue weighted by atomic mass is 10.1. The Hall–Kier alpha value is -2.79. The number of ether oxygens (including phenoxy) is 1. The average Bonchev–Trinajstić information content (AvgIpc) is 3.25. The van der Waals surface area contributed by atoms with Crippen LogP contribution in [0, 0.1) is 6.92 Å². The van der Waals surface area contributed by atoms with Gasteiger partial charge in [-0.05, 0) is 54.1 Å². The summed E-state index contributed by atoms with van der Waals surface area (Å²) >= 11 is 1.76. The number of rotatable bonds is 10. The van der Waals surface area contributed by atoms with Gasteiger partial charge in [-0.25, -0.2) is 4.98 Å². The summed E-state index contributed by atoms with van der Waals surface area (Å²) in [6.07, 6.45) is 2.39. The second-order valence-electron chi connectivity index (χ2n) is 6.82. The molecule has 10 heteroatoms. The third-order valence-corrected chi connectivity index (χ3v) is 5.75. The highest BCUT2D eigenvalue weighted by molar-refractivity contribution is 7.85. The molecule has 2 heterocycles. The average molecular weight is 462 g/mol. The lowest BCUT2D eigenvalue weighted by Gasteiger charge is -2.11. The van der Waals surface area contributed by atoms with Crippen LogP contribution in [0.1, 0.15) is 26.5 Å². The highest BCUT2D eigenvalue weighted by Gasteiger charge is 2.12. The lowest BCUT2D eigenvalue weighted by Crippen LogP contribution is -2.29. The van der Waals surface area contributed by atoms with Gasteiger partial charge in [-0.15, -0.1) is 11.3 Å². The van der Waals surface area contributed by atoms with Gasteiger partial charge >= 0.3 is 0 Å². The van der Waals surface area contributed by atoms with Gasteiger partial charge in [-0.1, -0.05) is 18.2 Å². The van der Waals surface area contributed by atoms with Gasteiger partial charge in [0.05, 0.1) is 6.20 Å². The summed E-state index contributed by atoms with van der Waals surface area (Å²) in [5.74, 6) is -0.472. The zero-order valence-electron chi connectivity index (χ0n) is 16.9. The Morgan fingerprint density at radius 2 is 2.06 bits per heavy atom. The van der Waals surface area contributed by atoms with Crippen molar-refractivity contribution in [1.82, 2.24) is 15.6 Å². The molecule has 0 unspecified atom stereocenters. The molecule has 0 aliphatic carbocycles. The maximum Gasteiger partial charge on any atom is 0.283 e. The molecule has 0 spiro atoms. The maximum atomic E-state index is 11.8. The predicted molar refractivity (Wildman–Crippen MR) is 119 cm³/mol. The number of hydrogen-bond donors (Lipinski definition) is 3. The highest BCUT2D eigenvalue weighted by Crippen LogP contribution is 2.25. The third kappa shape index (κ3) is 7.44. The molecule has 3 aromatic rings. The number of thiophene rings is 1. The molecule has 31 heavy (non-hydrogen) atoms. The van der Waals surface area contributed by atoms with Crippen molar-refractivity contribution < 1.29 is 22.5 Å². The zero-order valence-corrected chi connectivity index (χ0v) is 18.5. The summed E-state index contributed by atoms with van der Waals surface area (Å²) in [7, 11) is -4.29. The van der Waals surface area contributed by atoms with E-state index in [0.717, 1.165) is 30.6 Å². The lowest BCUT2D eigenvalue weighted by molar-refractivity contribution is 0.0954. The Kier molecular flexibility index (Phi) is 7.75. The van der Waals surface area contributed by atoms with Crippen molar-refractivity contribution in [3.8, 4) is 11.5 Å². The van der Waals surface area contributed by atoms with E-state index in [9.17, 15) is 13.2 Å². The molecule has 3 rings (SSSR count). The molecule has 0 aliphatic heterocycles. The number of carbonyl (C=O) groups excluding carboxylic acids is 1. The standard InChI is InChI=1S/C21H23N3O5S2/c1-15-11-16(12-22-9-8-18-3-2-10-30-18)4-7-20(15)29-17-5-6-19(23-13-17)21(25)24-14-31(26,27)28/h2-7,10-11,13,22H,8-9,12,14H2,1H3,(H,24,25)(H,26,27,28). The number of hydrogen-bond acceptors (Lipinski definition) is 7. The van der Waals surface area contributed by atoms with E-state index in [2.05, 4.69) is 39.2 Å². The van der Waals surface area contributed by atoms with E-state index >= 15 is 0 Å². The van der Waals surface area contributed by atoms with Crippen LogP contribution < -0.4 is 15.4 Å². The molecule has 3 N–H and O–H groups in total. The number of aromatic nitrogens is 1. The summed E-state index contributed by atoms with van der Waals surface area (Å²) in [5, 5.41) is 7.59. The van der Waals surface area contributed by atoms with Gasteiger partial charge in [0.1, 0.15) is 23.1 Å². The molecular weight excluding hydrogens is 438 g/mol. The fraction of sp³-hybridized carbons (Fsp3) is 0.238. The molecular formula is C21H23N3O5S2. The normalized spacial score (nSPS) is 11.3. The van der Waals surface area contributed by atoms with Gasteiger partial charge in [-0.2, -0.15) is 8.42 Å². The summed E-state index contributed by atoms with van der Waals surface area (Å²) < 4.78 is 35.9. The van der Waals surface area contributed by atoms with Crippen LogP contribution in [0.25, 0.3) is 0 Å². The summed E-state index contributed by atoms with van der Waals surface area (Å²) in [6.45, 7) is 3.63. The minimum atomic E-state index is -4.29. The Labute approximate surface area is 185 Å². The number of pyridine rings is 1. The number of amides is 1. The topological polar surface area (TPSA) is 118 Å². The van der Waals surface area contributed by atoms with Crippen molar-refractivity contribution in [2.24, 2.45) is 0 Å². The second-order valence-corrected chi connectivity index (χ2v) is 9.30. The van der Waals surface area contributed by atoms with Gasteiger partial charge in [-0.3, -0.25) is 9.35 Å². The number of aryl methyl sites for hydroxylation is 1. The van der Waals surface area contributed by atoms with Crippen molar-refractivity contribution in [1.29, 1.82) is 0 Å². The molecule has 0 fully saturated rings. The first-order valence-electron chi connectivity index (χ1n) is 9.50. The fourth-order valence-corrected chi connectivity index (χ4v) is 3.81. The van der Waals surface area contributed by atoms with Crippen molar-refractivity contribution in [3.63, 3.8) is 0 Å². The van der Waals surface area contributed by atoms with Gasteiger partial charge in [0.2, 0.25) is 0 Å². The van der Waals surface area contributed by atoms with Crippen LogP contribution in [0.3, 0.4) is 0 Å². The van der Waals surface area contributed by atoms with Crippen molar-refractivity contribution >= 4 is 27.4 Å². The molecule has 0 atom stereocenters. The molecule has 164 valence electrons. The predicted octanol–water partition coefficient (Wildman–Crippen LogP) is 3.15. The first kappa shape index (κ1) is 22.9. The second kappa shape index (κ2) is 10.5. The minimum absolute atomic E-state index is 0.0108. The molecule has 0 bridgehead atoms. The zero-order chi connectivity index (χ0) is 22.3. The van der Waals surface area contributed by atoms with E-state index in [4.69, 9.17) is 9.29 Å². The van der Waals surface area contributed by atoms with E-state index in [1.807, 2.05) is 19.1 Å². The van der Waals surface area contributed by atoms with Crippen LogP contribution in [0.4, 0.5) is 0 Å². The van der Waals surface area contributed by atoms with E-state index in [1.54, 1.807) is 17.4 Å². The summed E-state index contributed by atoms with van der Waals surface area (Å²) in [5.41, 5.74) is 2.13. The first-order chi connectivity index (χ1) is 14.8. The van der Waals surface area contributed by atoms with Crippen molar-refractivity contribution in [2.45, 2.75) is 19.9 Å². The number of benzene rings is 1. The summed E-state index contributed by atoms with van der Waals surface area (Å²) in [6, 6.07) is 13.1. The van der Waals surface area contributed by atoms with E-state index in [1.165, 1.54) is 17.1 Å². The maximum absolute atomic E-state index is 11.8. The van der Waals surface area contributed by atoms with Crippen LogP contribution in [0.15, 0.2) is 54.0 Å². The fourth-order valence-electron chi connectivity index (χ4n) is 2.78.